The smallest absolute Gasteiger partial charge is 0.191 e. The molecule has 0 aliphatic carbocycles. The molecule has 3 rings (SSSR count). The van der Waals surface area contributed by atoms with E-state index in [2.05, 4.69) is 60.3 Å². The monoisotopic (exact) mass is 499 g/mol. The molecule has 0 saturated heterocycles. The molecule has 0 aliphatic heterocycles. The number of thiophene rings is 1. The Bertz CT molecular complexity index is 767. The van der Waals surface area contributed by atoms with Crippen LogP contribution in [0.25, 0.3) is 0 Å². The first-order valence-corrected chi connectivity index (χ1v) is 9.60. The highest BCUT2D eigenvalue weighted by Crippen LogP contribution is 2.08. The molecule has 7 nitrogen and oxygen atoms in total. The third kappa shape index (κ3) is 6.65. The fourth-order valence-electron chi connectivity index (χ4n) is 2.49. The lowest BCUT2D eigenvalue weighted by molar-refractivity contribution is 0.661. The molecule has 3 aromatic heterocycles. The highest BCUT2D eigenvalue weighted by molar-refractivity contribution is 14.0. The van der Waals surface area contributed by atoms with Gasteiger partial charge >= 0.3 is 0 Å². The van der Waals surface area contributed by atoms with E-state index < -0.39 is 0 Å². The number of hydrogen-bond donors (Lipinski definition) is 2. The molecule has 3 aromatic rings. The number of aryl methyl sites for hydroxylation is 1. The molecule has 0 bridgehead atoms. The van der Waals surface area contributed by atoms with Crippen LogP contribution in [0, 0.1) is 6.92 Å². The molecule has 0 aliphatic rings. The summed E-state index contributed by atoms with van der Waals surface area (Å²) in [6.45, 7) is 4.97. The van der Waals surface area contributed by atoms with Crippen LogP contribution in [0.2, 0.25) is 0 Å². The third-order valence-corrected chi connectivity index (χ3v) is 5.07. The second-order valence-corrected chi connectivity index (χ2v) is 7.02. The van der Waals surface area contributed by atoms with Crippen molar-refractivity contribution in [2.24, 2.45) is 12.0 Å². The van der Waals surface area contributed by atoms with Crippen molar-refractivity contribution >= 4 is 41.3 Å². The van der Waals surface area contributed by atoms with E-state index in [0.717, 1.165) is 43.7 Å². The van der Waals surface area contributed by atoms with E-state index in [1.165, 1.54) is 4.88 Å². The highest BCUT2D eigenvalue weighted by atomic mass is 127. The lowest BCUT2D eigenvalue weighted by atomic mass is 10.3. The van der Waals surface area contributed by atoms with Crippen LogP contribution in [0.3, 0.4) is 0 Å². The van der Waals surface area contributed by atoms with E-state index in [1.54, 1.807) is 11.3 Å². The van der Waals surface area contributed by atoms with Crippen molar-refractivity contribution in [3.8, 4) is 0 Å². The van der Waals surface area contributed by atoms with Crippen molar-refractivity contribution in [3.05, 3.63) is 58.6 Å². The molecule has 0 atom stereocenters. The molecule has 27 heavy (non-hydrogen) atoms. The summed E-state index contributed by atoms with van der Waals surface area (Å²) in [5.74, 6) is 2.55. The zero-order valence-corrected chi connectivity index (χ0v) is 18.8. The summed E-state index contributed by atoms with van der Waals surface area (Å²) in [5.41, 5.74) is 0. The maximum atomic E-state index is 4.67. The molecule has 0 amide bonds. The normalized spacial score (nSPS) is 11.3. The maximum absolute atomic E-state index is 4.67. The van der Waals surface area contributed by atoms with Gasteiger partial charge in [-0.1, -0.05) is 6.07 Å². The predicted molar refractivity (Wildman–Crippen MR) is 121 cm³/mol. The Kier molecular flexibility index (Phi) is 8.79. The first kappa shape index (κ1) is 21.4. The second-order valence-electron chi connectivity index (χ2n) is 5.99. The van der Waals surface area contributed by atoms with E-state index in [0.29, 0.717) is 6.54 Å². The molecule has 2 N–H and O–H groups in total. The number of aromatic nitrogens is 4. The van der Waals surface area contributed by atoms with Crippen LogP contribution in [-0.4, -0.2) is 38.4 Å². The van der Waals surface area contributed by atoms with Crippen molar-refractivity contribution in [1.82, 2.24) is 30.0 Å². The van der Waals surface area contributed by atoms with E-state index in [9.17, 15) is 0 Å². The fraction of sp³-hybridized carbons (Fsp3) is 0.389. The summed E-state index contributed by atoms with van der Waals surface area (Å²) in [6, 6.07) is 8.31. The first-order chi connectivity index (χ1) is 12.7. The van der Waals surface area contributed by atoms with Crippen LogP contribution >= 0.6 is 35.3 Å². The largest absolute Gasteiger partial charge is 0.356 e. The molecule has 146 valence electrons. The van der Waals surface area contributed by atoms with Gasteiger partial charge in [-0.3, -0.25) is 0 Å². The Balaban J connectivity index is 0.00000261. The molecule has 0 radical (unpaired) electrons. The van der Waals surface area contributed by atoms with Crippen molar-refractivity contribution in [2.75, 3.05) is 13.1 Å². The van der Waals surface area contributed by atoms with Gasteiger partial charge in [0.1, 0.15) is 12.4 Å². The number of rotatable bonds is 8. The quantitative estimate of drug-likeness (QED) is 0.284. The summed E-state index contributed by atoms with van der Waals surface area (Å²) in [7, 11) is 1.96. The van der Waals surface area contributed by atoms with E-state index >= 15 is 0 Å². The van der Waals surface area contributed by atoms with Crippen LogP contribution in [0.1, 0.15) is 16.5 Å². The lowest BCUT2D eigenvalue weighted by Crippen LogP contribution is -2.39. The second kappa shape index (κ2) is 11.1. The van der Waals surface area contributed by atoms with Crippen LogP contribution in [0.15, 0.2) is 47.0 Å². The Labute approximate surface area is 180 Å². The number of nitrogens with zero attached hydrogens (tertiary/aromatic N) is 5. The van der Waals surface area contributed by atoms with Crippen molar-refractivity contribution in [3.63, 3.8) is 0 Å². The minimum absolute atomic E-state index is 0. The summed E-state index contributed by atoms with van der Waals surface area (Å²) in [5, 5.41) is 17.2. The Morgan fingerprint density at radius 2 is 1.93 bits per heavy atom. The summed E-state index contributed by atoms with van der Waals surface area (Å²) < 4.78 is 4.11. The first-order valence-electron chi connectivity index (χ1n) is 8.72. The SMILES string of the molecule is Cc1nnc(CN=C(NCCc2cccs2)NCCn2cccc2)n1C.I. The molecular formula is C18H26IN7S. The van der Waals surface area contributed by atoms with Crippen molar-refractivity contribution in [1.29, 1.82) is 0 Å². The molecule has 3 heterocycles. The Morgan fingerprint density at radius 3 is 2.59 bits per heavy atom. The van der Waals surface area contributed by atoms with Gasteiger partial charge in [-0.05, 0) is 36.9 Å². The molecule has 0 saturated carbocycles. The van der Waals surface area contributed by atoms with Gasteiger partial charge in [0.15, 0.2) is 11.8 Å². The van der Waals surface area contributed by atoms with E-state index in [-0.39, 0.29) is 24.0 Å². The zero-order valence-electron chi connectivity index (χ0n) is 15.6. The molecule has 0 aromatic carbocycles. The van der Waals surface area contributed by atoms with Crippen LogP contribution in [-0.2, 0) is 26.6 Å². The van der Waals surface area contributed by atoms with Gasteiger partial charge in [0.2, 0.25) is 0 Å². The minimum Gasteiger partial charge on any atom is -0.356 e. The van der Waals surface area contributed by atoms with Crippen molar-refractivity contribution < 1.29 is 0 Å². The number of aliphatic imine (C=N–C) groups is 1. The predicted octanol–water partition coefficient (Wildman–Crippen LogP) is 2.58. The Hall–Kier alpha value is -1.88. The summed E-state index contributed by atoms with van der Waals surface area (Å²) >= 11 is 1.78. The van der Waals surface area contributed by atoms with Crippen LogP contribution in [0.4, 0.5) is 0 Å². The van der Waals surface area contributed by atoms with Crippen LogP contribution in [0.5, 0.6) is 0 Å². The molecule has 0 fully saturated rings. The van der Waals surface area contributed by atoms with Gasteiger partial charge in [-0.2, -0.15) is 0 Å². The zero-order chi connectivity index (χ0) is 18.2. The van der Waals surface area contributed by atoms with Gasteiger partial charge in [0.25, 0.3) is 0 Å². The third-order valence-electron chi connectivity index (χ3n) is 4.13. The van der Waals surface area contributed by atoms with Gasteiger partial charge in [0, 0.05) is 44.0 Å². The van der Waals surface area contributed by atoms with Gasteiger partial charge in [-0.25, -0.2) is 4.99 Å². The number of halogens is 1. The van der Waals surface area contributed by atoms with Gasteiger partial charge in [0.05, 0.1) is 0 Å². The van der Waals surface area contributed by atoms with E-state index in [4.69, 9.17) is 0 Å². The number of nitrogens with one attached hydrogen (secondary N) is 2. The van der Waals surface area contributed by atoms with Gasteiger partial charge < -0.3 is 19.8 Å². The highest BCUT2D eigenvalue weighted by Gasteiger charge is 2.05. The number of guanidine groups is 1. The standard InChI is InChI=1S/C18H25N7S.HI/c1-15-22-23-17(24(15)2)14-21-18(19-8-7-16-6-5-13-26-16)20-9-12-25-10-3-4-11-25;/h3-6,10-11,13H,7-9,12,14H2,1-2H3,(H2,19,20,21);1H. The molecule has 0 unspecified atom stereocenters. The average Bonchev–Trinajstić information content (AvgIpc) is 3.38. The average molecular weight is 499 g/mol. The van der Waals surface area contributed by atoms with E-state index in [1.807, 2.05) is 30.7 Å². The lowest BCUT2D eigenvalue weighted by Gasteiger charge is -2.13. The van der Waals surface area contributed by atoms with Crippen LogP contribution < -0.4 is 10.6 Å². The Morgan fingerprint density at radius 1 is 1.15 bits per heavy atom. The summed E-state index contributed by atoms with van der Waals surface area (Å²) in [4.78, 5) is 6.04. The fourth-order valence-corrected chi connectivity index (χ4v) is 3.20. The molecule has 9 heteroatoms. The minimum atomic E-state index is 0. The van der Waals surface area contributed by atoms with Gasteiger partial charge in [-0.15, -0.1) is 45.5 Å². The van der Waals surface area contributed by atoms with Crippen molar-refractivity contribution in [2.45, 2.75) is 26.4 Å². The topological polar surface area (TPSA) is 72.1 Å². The molecule has 0 spiro atoms. The number of hydrogen-bond acceptors (Lipinski definition) is 4. The molecular weight excluding hydrogens is 473 g/mol. The maximum Gasteiger partial charge on any atom is 0.191 e. The summed E-state index contributed by atoms with van der Waals surface area (Å²) in [6.07, 6.45) is 5.11.